The van der Waals surface area contributed by atoms with Gasteiger partial charge in [0.2, 0.25) is 0 Å². The zero-order valence-corrected chi connectivity index (χ0v) is 16.1. The van der Waals surface area contributed by atoms with Crippen molar-refractivity contribution in [3.8, 4) is 0 Å². The minimum Gasteiger partial charge on any atom is -0.382 e. The highest BCUT2D eigenvalue weighted by molar-refractivity contribution is 14.0. The van der Waals surface area contributed by atoms with Crippen molar-refractivity contribution in [2.45, 2.75) is 12.8 Å². The summed E-state index contributed by atoms with van der Waals surface area (Å²) in [5.41, 5.74) is 0.706. The molecule has 0 spiro atoms. The Kier molecular flexibility index (Phi) is 14.1. The first-order valence-electron chi connectivity index (χ1n) is 7.52. The van der Waals surface area contributed by atoms with E-state index in [1.165, 1.54) is 6.07 Å². The zero-order valence-electron chi connectivity index (χ0n) is 13.8. The fraction of sp³-hybridized carbons (Fsp3) is 0.562. The Morgan fingerprint density at radius 1 is 1.13 bits per heavy atom. The Labute approximate surface area is 155 Å². The zero-order chi connectivity index (χ0) is 16.0. The number of ether oxygens (including phenoxy) is 2. The number of nitrogens with zero attached hydrogens (tertiary/aromatic N) is 1. The summed E-state index contributed by atoms with van der Waals surface area (Å²) in [6.07, 6.45) is 1.51. The number of benzene rings is 1. The van der Waals surface area contributed by atoms with Crippen LogP contribution in [0, 0.1) is 5.82 Å². The van der Waals surface area contributed by atoms with E-state index in [-0.39, 0.29) is 29.8 Å². The van der Waals surface area contributed by atoms with Crippen molar-refractivity contribution in [3.05, 3.63) is 35.6 Å². The third-order valence-electron chi connectivity index (χ3n) is 3.06. The average molecular weight is 439 g/mol. The van der Waals surface area contributed by atoms with Gasteiger partial charge in [-0.3, -0.25) is 4.99 Å². The minimum atomic E-state index is -0.166. The lowest BCUT2D eigenvalue weighted by Crippen LogP contribution is -2.39. The van der Waals surface area contributed by atoms with Gasteiger partial charge in [-0.05, 0) is 24.5 Å². The average Bonchev–Trinajstić information content (AvgIpc) is 2.54. The summed E-state index contributed by atoms with van der Waals surface area (Å²) >= 11 is 0. The summed E-state index contributed by atoms with van der Waals surface area (Å²) in [5, 5.41) is 6.36. The highest BCUT2D eigenvalue weighted by Gasteiger charge is 2.01. The summed E-state index contributed by atoms with van der Waals surface area (Å²) < 4.78 is 23.7. The van der Waals surface area contributed by atoms with Crippen molar-refractivity contribution < 1.29 is 13.9 Å². The molecule has 7 heteroatoms. The molecule has 0 unspecified atom stereocenters. The van der Waals surface area contributed by atoms with E-state index in [9.17, 15) is 4.39 Å². The van der Waals surface area contributed by atoms with Gasteiger partial charge in [0.25, 0.3) is 0 Å². The van der Waals surface area contributed by atoms with Gasteiger partial charge in [0.05, 0.1) is 13.2 Å². The van der Waals surface area contributed by atoms with E-state index in [1.54, 1.807) is 26.3 Å². The Morgan fingerprint density at radius 3 is 2.57 bits per heavy atom. The maximum absolute atomic E-state index is 13.5. The highest BCUT2D eigenvalue weighted by Crippen LogP contribution is 2.05. The van der Waals surface area contributed by atoms with Gasteiger partial charge in [-0.2, -0.15) is 0 Å². The molecule has 1 rings (SSSR count). The number of hydrogen-bond donors (Lipinski definition) is 2. The van der Waals surface area contributed by atoms with E-state index in [4.69, 9.17) is 9.47 Å². The molecular weight excluding hydrogens is 412 g/mol. The van der Waals surface area contributed by atoms with Crippen LogP contribution in [-0.4, -0.2) is 53.0 Å². The van der Waals surface area contributed by atoms with E-state index in [0.717, 1.165) is 13.0 Å². The Hall–Kier alpha value is -0.930. The van der Waals surface area contributed by atoms with Crippen LogP contribution in [0.3, 0.4) is 0 Å². The van der Waals surface area contributed by atoms with Gasteiger partial charge in [-0.25, -0.2) is 4.39 Å². The first kappa shape index (κ1) is 22.1. The van der Waals surface area contributed by atoms with Crippen molar-refractivity contribution in [2.24, 2.45) is 4.99 Å². The number of methoxy groups -OCH3 is 1. The lowest BCUT2D eigenvalue weighted by molar-refractivity contribution is 0.0698. The summed E-state index contributed by atoms with van der Waals surface area (Å²) in [7, 11) is 3.37. The Bertz CT molecular complexity index is 447. The third kappa shape index (κ3) is 10.5. The highest BCUT2D eigenvalue weighted by atomic mass is 127. The van der Waals surface area contributed by atoms with Crippen LogP contribution >= 0.6 is 24.0 Å². The molecule has 0 aliphatic rings. The molecule has 5 nitrogen and oxygen atoms in total. The van der Waals surface area contributed by atoms with Crippen LogP contribution in [0.4, 0.5) is 4.39 Å². The summed E-state index contributed by atoms with van der Waals surface area (Å²) in [4.78, 5) is 4.13. The standard InChI is InChI=1S/C16H26FN3O2.HI/c1-18-16(19-9-5-11-22-13-12-21-2)20-10-8-14-6-3-4-7-15(14)17;/h3-4,6-7H,5,8-13H2,1-2H3,(H2,18,19,20);1H. The Morgan fingerprint density at radius 2 is 1.87 bits per heavy atom. The van der Waals surface area contributed by atoms with E-state index in [1.807, 2.05) is 6.07 Å². The molecule has 0 saturated heterocycles. The fourth-order valence-corrected chi connectivity index (χ4v) is 1.86. The van der Waals surface area contributed by atoms with Gasteiger partial charge in [-0.15, -0.1) is 24.0 Å². The van der Waals surface area contributed by atoms with Gasteiger partial charge in [0.15, 0.2) is 5.96 Å². The predicted molar refractivity (Wildman–Crippen MR) is 102 cm³/mol. The number of halogens is 2. The molecule has 0 fully saturated rings. The van der Waals surface area contributed by atoms with E-state index < -0.39 is 0 Å². The van der Waals surface area contributed by atoms with Crippen molar-refractivity contribution in [1.29, 1.82) is 0 Å². The molecule has 0 bridgehead atoms. The molecule has 0 amide bonds. The molecule has 1 aromatic rings. The fourth-order valence-electron chi connectivity index (χ4n) is 1.86. The molecule has 1 aromatic carbocycles. The summed E-state index contributed by atoms with van der Waals surface area (Å²) in [5.74, 6) is 0.550. The van der Waals surface area contributed by atoms with E-state index in [0.29, 0.717) is 44.3 Å². The number of guanidine groups is 1. The van der Waals surface area contributed by atoms with Crippen LogP contribution in [0.2, 0.25) is 0 Å². The second kappa shape index (κ2) is 14.6. The quantitative estimate of drug-likeness (QED) is 0.254. The molecule has 0 aliphatic heterocycles. The van der Waals surface area contributed by atoms with Crippen molar-refractivity contribution in [3.63, 3.8) is 0 Å². The number of aliphatic imine (C=N–C) groups is 1. The molecule has 0 saturated carbocycles. The number of hydrogen-bond acceptors (Lipinski definition) is 3. The summed E-state index contributed by atoms with van der Waals surface area (Å²) in [6, 6.07) is 6.81. The molecule has 132 valence electrons. The smallest absolute Gasteiger partial charge is 0.190 e. The van der Waals surface area contributed by atoms with Crippen molar-refractivity contribution in [1.82, 2.24) is 10.6 Å². The third-order valence-corrected chi connectivity index (χ3v) is 3.06. The van der Waals surface area contributed by atoms with Gasteiger partial charge in [0, 0.05) is 33.9 Å². The SMILES string of the molecule is CN=C(NCCCOCCOC)NCCc1ccccc1F.I. The van der Waals surface area contributed by atoms with Gasteiger partial charge >= 0.3 is 0 Å². The lowest BCUT2D eigenvalue weighted by Gasteiger charge is -2.12. The number of nitrogens with one attached hydrogen (secondary N) is 2. The topological polar surface area (TPSA) is 54.9 Å². The molecule has 0 heterocycles. The summed E-state index contributed by atoms with van der Waals surface area (Å²) in [6.45, 7) is 3.32. The normalized spacial score (nSPS) is 11.0. The van der Waals surface area contributed by atoms with Crippen LogP contribution in [0.5, 0.6) is 0 Å². The monoisotopic (exact) mass is 439 g/mol. The molecule has 23 heavy (non-hydrogen) atoms. The largest absolute Gasteiger partial charge is 0.382 e. The van der Waals surface area contributed by atoms with E-state index in [2.05, 4.69) is 15.6 Å². The molecular formula is C16H27FIN3O2. The van der Waals surface area contributed by atoms with Crippen LogP contribution in [-0.2, 0) is 15.9 Å². The van der Waals surface area contributed by atoms with E-state index >= 15 is 0 Å². The molecule has 2 N–H and O–H groups in total. The number of rotatable bonds is 10. The van der Waals surface area contributed by atoms with Crippen molar-refractivity contribution >= 4 is 29.9 Å². The first-order chi connectivity index (χ1) is 10.8. The van der Waals surface area contributed by atoms with Crippen LogP contribution in [0.25, 0.3) is 0 Å². The van der Waals surface area contributed by atoms with Gasteiger partial charge in [-0.1, -0.05) is 18.2 Å². The molecule has 0 atom stereocenters. The maximum Gasteiger partial charge on any atom is 0.190 e. The Balaban J connectivity index is 0.00000484. The molecule has 0 radical (unpaired) electrons. The van der Waals surface area contributed by atoms with Gasteiger partial charge < -0.3 is 20.1 Å². The maximum atomic E-state index is 13.5. The lowest BCUT2D eigenvalue weighted by atomic mass is 10.1. The second-order valence-corrected chi connectivity index (χ2v) is 4.73. The molecule has 0 aromatic heterocycles. The first-order valence-corrected chi connectivity index (χ1v) is 7.52. The predicted octanol–water partition coefficient (Wildman–Crippen LogP) is 2.20. The van der Waals surface area contributed by atoms with Crippen LogP contribution in [0.1, 0.15) is 12.0 Å². The van der Waals surface area contributed by atoms with Gasteiger partial charge in [0.1, 0.15) is 5.82 Å². The second-order valence-electron chi connectivity index (χ2n) is 4.73. The van der Waals surface area contributed by atoms with Crippen molar-refractivity contribution in [2.75, 3.05) is 47.1 Å². The molecule has 0 aliphatic carbocycles. The minimum absolute atomic E-state index is 0. The van der Waals surface area contributed by atoms with Crippen LogP contribution < -0.4 is 10.6 Å². The van der Waals surface area contributed by atoms with Crippen LogP contribution in [0.15, 0.2) is 29.3 Å².